The van der Waals surface area contributed by atoms with Crippen LogP contribution in [0.2, 0.25) is 0 Å². The fourth-order valence-electron chi connectivity index (χ4n) is 2.27. The van der Waals surface area contributed by atoms with Gasteiger partial charge in [0.2, 0.25) is 10.0 Å². The third-order valence-corrected chi connectivity index (χ3v) is 5.26. The van der Waals surface area contributed by atoms with Crippen molar-refractivity contribution in [1.82, 2.24) is 9.29 Å². The molecule has 0 aliphatic carbocycles. The SMILES string of the molecule is COC(=O)C1CCCN(S(=O)(=O)c2ccc(C#N)nc2)C1. The average Bonchev–Trinajstić information content (AvgIpc) is 2.54. The number of ether oxygens (including phenoxy) is 1. The molecule has 0 bridgehead atoms. The summed E-state index contributed by atoms with van der Waals surface area (Å²) in [5, 5.41) is 8.68. The van der Waals surface area contributed by atoms with Crippen LogP contribution in [0.4, 0.5) is 0 Å². The molecule has 1 fully saturated rings. The van der Waals surface area contributed by atoms with Crippen molar-refractivity contribution >= 4 is 16.0 Å². The normalized spacial score (nSPS) is 19.7. The molecule has 112 valence electrons. The second-order valence-corrected chi connectivity index (χ2v) is 6.65. The van der Waals surface area contributed by atoms with E-state index in [1.165, 1.54) is 23.5 Å². The Labute approximate surface area is 123 Å². The van der Waals surface area contributed by atoms with Gasteiger partial charge in [-0.2, -0.15) is 9.57 Å². The van der Waals surface area contributed by atoms with E-state index in [9.17, 15) is 13.2 Å². The maximum absolute atomic E-state index is 12.5. The van der Waals surface area contributed by atoms with Crippen LogP contribution >= 0.6 is 0 Å². The van der Waals surface area contributed by atoms with Gasteiger partial charge in [0.05, 0.1) is 13.0 Å². The number of nitriles is 1. The van der Waals surface area contributed by atoms with E-state index in [4.69, 9.17) is 5.26 Å². The van der Waals surface area contributed by atoms with E-state index in [0.717, 1.165) is 6.20 Å². The Morgan fingerprint density at radius 3 is 2.86 bits per heavy atom. The number of carbonyl (C=O) groups excluding carboxylic acids is 1. The van der Waals surface area contributed by atoms with E-state index < -0.39 is 21.9 Å². The van der Waals surface area contributed by atoms with Crippen LogP contribution in [0.25, 0.3) is 0 Å². The van der Waals surface area contributed by atoms with Crippen LogP contribution < -0.4 is 0 Å². The average molecular weight is 309 g/mol. The lowest BCUT2D eigenvalue weighted by Crippen LogP contribution is -2.42. The highest BCUT2D eigenvalue weighted by atomic mass is 32.2. The molecule has 0 saturated carbocycles. The van der Waals surface area contributed by atoms with Gasteiger partial charge in [0, 0.05) is 19.3 Å². The zero-order valence-corrected chi connectivity index (χ0v) is 12.3. The first kappa shape index (κ1) is 15.4. The lowest BCUT2D eigenvalue weighted by molar-refractivity contribution is -0.146. The summed E-state index contributed by atoms with van der Waals surface area (Å²) in [6.45, 7) is 0.463. The molecule has 1 aromatic rings. The first-order chi connectivity index (χ1) is 9.98. The Morgan fingerprint density at radius 2 is 2.29 bits per heavy atom. The summed E-state index contributed by atoms with van der Waals surface area (Å²) in [5.74, 6) is -0.835. The quantitative estimate of drug-likeness (QED) is 0.755. The topological polar surface area (TPSA) is 100 Å². The Bertz CT molecular complexity index is 664. The molecule has 0 spiro atoms. The van der Waals surface area contributed by atoms with Crippen molar-refractivity contribution < 1.29 is 17.9 Å². The van der Waals surface area contributed by atoms with Crippen molar-refractivity contribution in [2.24, 2.45) is 5.92 Å². The zero-order chi connectivity index (χ0) is 15.5. The van der Waals surface area contributed by atoms with Crippen LogP contribution in [-0.2, 0) is 19.6 Å². The second-order valence-electron chi connectivity index (χ2n) is 4.72. The monoisotopic (exact) mass is 309 g/mol. The number of sulfonamides is 1. The molecular weight excluding hydrogens is 294 g/mol. The smallest absolute Gasteiger partial charge is 0.309 e. The molecule has 0 N–H and O–H groups in total. The van der Waals surface area contributed by atoms with E-state index in [2.05, 4.69) is 9.72 Å². The van der Waals surface area contributed by atoms with Gasteiger partial charge in [-0.25, -0.2) is 13.4 Å². The highest BCUT2D eigenvalue weighted by Gasteiger charge is 2.33. The first-order valence-electron chi connectivity index (χ1n) is 6.43. The van der Waals surface area contributed by atoms with E-state index in [-0.39, 0.29) is 17.1 Å². The molecule has 2 rings (SSSR count). The Hall–Kier alpha value is -1.98. The van der Waals surface area contributed by atoms with E-state index in [0.29, 0.717) is 19.4 Å². The highest BCUT2D eigenvalue weighted by Crippen LogP contribution is 2.24. The molecule has 1 atom stereocenters. The Kier molecular flexibility index (Phi) is 4.55. The summed E-state index contributed by atoms with van der Waals surface area (Å²) in [6, 6.07) is 4.54. The molecule has 21 heavy (non-hydrogen) atoms. The number of carbonyl (C=O) groups is 1. The van der Waals surface area contributed by atoms with Gasteiger partial charge in [-0.3, -0.25) is 4.79 Å². The van der Waals surface area contributed by atoms with Gasteiger partial charge in [-0.1, -0.05) is 0 Å². The van der Waals surface area contributed by atoms with Crippen LogP contribution in [0.15, 0.2) is 23.2 Å². The predicted octanol–water partition coefficient (Wildman–Crippen LogP) is 0.527. The number of aromatic nitrogens is 1. The third kappa shape index (κ3) is 3.20. The minimum Gasteiger partial charge on any atom is -0.469 e. The molecule has 1 aliphatic heterocycles. The van der Waals surface area contributed by atoms with Gasteiger partial charge in [-0.05, 0) is 25.0 Å². The molecule has 7 nitrogen and oxygen atoms in total. The van der Waals surface area contributed by atoms with Crippen LogP contribution in [0.5, 0.6) is 0 Å². The van der Waals surface area contributed by atoms with Crippen LogP contribution in [0.3, 0.4) is 0 Å². The van der Waals surface area contributed by atoms with Crippen molar-refractivity contribution in [2.75, 3.05) is 20.2 Å². The Morgan fingerprint density at radius 1 is 1.52 bits per heavy atom. The van der Waals surface area contributed by atoms with Crippen molar-refractivity contribution in [2.45, 2.75) is 17.7 Å². The van der Waals surface area contributed by atoms with Gasteiger partial charge in [0.1, 0.15) is 16.7 Å². The number of nitrogens with zero attached hydrogens (tertiary/aromatic N) is 3. The summed E-state index contributed by atoms with van der Waals surface area (Å²) in [7, 11) is -2.42. The summed E-state index contributed by atoms with van der Waals surface area (Å²) >= 11 is 0. The summed E-state index contributed by atoms with van der Waals surface area (Å²) in [5.41, 5.74) is 0.153. The van der Waals surface area contributed by atoms with Crippen molar-refractivity contribution in [3.05, 3.63) is 24.0 Å². The lowest BCUT2D eigenvalue weighted by Gasteiger charge is -2.30. The van der Waals surface area contributed by atoms with E-state index in [1.54, 1.807) is 0 Å². The maximum Gasteiger partial charge on any atom is 0.309 e. The Balaban J connectivity index is 2.22. The van der Waals surface area contributed by atoms with Gasteiger partial charge in [0.15, 0.2) is 0 Å². The van der Waals surface area contributed by atoms with Gasteiger partial charge in [-0.15, -0.1) is 0 Å². The fourth-order valence-corrected chi connectivity index (χ4v) is 3.74. The van der Waals surface area contributed by atoms with E-state index in [1.807, 2.05) is 6.07 Å². The number of pyridine rings is 1. The molecular formula is C13H15N3O4S. The molecule has 2 heterocycles. The molecule has 0 aromatic carbocycles. The largest absolute Gasteiger partial charge is 0.469 e. The summed E-state index contributed by atoms with van der Waals surface area (Å²) < 4.78 is 30.9. The van der Waals surface area contributed by atoms with Crippen LogP contribution in [0, 0.1) is 17.2 Å². The number of hydrogen-bond donors (Lipinski definition) is 0. The molecule has 0 amide bonds. The van der Waals surface area contributed by atoms with Crippen LogP contribution in [0.1, 0.15) is 18.5 Å². The minimum absolute atomic E-state index is 0.0204. The summed E-state index contributed by atoms with van der Waals surface area (Å²) in [4.78, 5) is 15.4. The molecule has 8 heteroatoms. The van der Waals surface area contributed by atoms with Gasteiger partial charge < -0.3 is 4.74 Å². The molecule has 1 saturated heterocycles. The zero-order valence-electron chi connectivity index (χ0n) is 11.5. The molecule has 1 aromatic heterocycles. The summed E-state index contributed by atoms with van der Waals surface area (Å²) in [6.07, 6.45) is 2.38. The lowest BCUT2D eigenvalue weighted by atomic mass is 10.0. The first-order valence-corrected chi connectivity index (χ1v) is 7.87. The number of piperidine rings is 1. The second kappa shape index (κ2) is 6.20. The predicted molar refractivity (Wildman–Crippen MR) is 72.5 cm³/mol. The van der Waals surface area contributed by atoms with Crippen molar-refractivity contribution in [3.63, 3.8) is 0 Å². The highest BCUT2D eigenvalue weighted by molar-refractivity contribution is 7.89. The molecule has 0 radical (unpaired) electrons. The fraction of sp³-hybridized carbons (Fsp3) is 0.462. The maximum atomic E-state index is 12.5. The van der Waals surface area contributed by atoms with Crippen molar-refractivity contribution in [3.8, 4) is 6.07 Å². The van der Waals surface area contributed by atoms with Gasteiger partial charge >= 0.3 is 5.97 Å². The van der Waals surface area contributed by atoms with Crippen molar-refractivity contribution in [1.29, 1.82) is 5.26 Å². The van der Waals surface area contributed by atoms with Gasteiger partial charge in [0.25, 0.3) is 0 Å². The molecule has 1 aliphatic rings. The molecule has 1 unspecified atom stereocenters. The third-order valence-electron chi connectivity index (χ3n) is 3.41. The number of rotatable bonds is 3. The van der Waals surface area contributed by atoms with E-state index >= 15 is 0 Å². The minimum atomic E-state index is -3.71. The van der Waals surface area contributed by atoms with Crippen LogP contribution in [-0.4, -0.2) is 43.9 Å². The standard InChI is InChI=1S/C13H15N3O4S/c1-20-13(17)10-3-2-6-16(9-10)21(18,19)12-5-4-11(7-14)15-8-12/h4-5,8,10H,2-3,6,9H2,1H3. The number of methoxy groups -OCH3 is 1. The number of esters is 1. The number of hydrogen-bond acceptors (Lipinski definition) is 6.